The highest BCUT2D eigenvalue weighted by atomic mass is 35.5. The smallest absolute Gasteiger partial charge is 0.153 e. The SMILES string of the molecule is CCS(=O)(=O)CCOc1c(Cl)cccc1CCl. The predicted octanol–water partition coefficient (Wildman–Crippen LogP) is 2.89. The summed E-state index contributed by atoms with van der Waals surface area (Å²) in [5.74, 6) is 0.837. The molecule has 0 heterocycles. The molecule has 0 aliphatic heterocycles. The molecular weight excluding hydrogens is 283 g/mol. The van der Waals surface area contributed by atoms with Crippen LogP contribution in [0.4, 0.5) is 0 Å². The van der Waals surface area contributed by atoms with Crippen LogP contribution in [0.25, 0.3) is 0 Å². The van der Waals surface area contributed by atoms with E-state index in [1.165, 1.54) is 0 Å². The van der Waals surface area contributed by atoms with Crippen molar-refractivity contribution in [3.05, 3.63) is 28.8 Å². The number of hydrogen-bond acceptors (Lipinski definition) is 3. The van der Waals surface area contributed by atoms with Crippen molar-refractivity contribution in [1.29, 1.82) is 0 Å². The zero-order chi connectivity index (χ0) is 12.9. The Hall–Kier alpha value is -0.450. The molecule has 0 saturated heterocycles. The van der Waals surface area contributed by atoms with Gasteiger partial charge in [0.15, 0.2) is 9.84 Å². The van der Waals surface area contributed by atoms with Gasteiger partial charge in [-0.25, -0.2) is 8.42 Å². The third kappa shape index (κ3) is 4.37. The van der Waals surface area contributed by atoms with Gasteiger partial charge in [0.2, 0.25) is 0 Å². The lowest BCUT2D eigenvalue weighted by Gasteiger charge is -2.11. The molecule has 0 atom stereocenters. The highest BCUT2D eigenvalue weighted by Crippen LogP contribution is 2.29. The second kappa shape index (κ2) is 6.47. The van der Waals surface area contributed by atoms with Crippen molar-refractivity contribution in [2.45, 2.75) is 12.8 Å². The molecule has 0 radical (unpaired) electrons. The molecule has 96 valence electrons. The Bertz CT molecular complexity index is 472. The quantitative estimate of drug-likeness (QED) is 0.758. The van der Waals surface area contributed by atoms with Gasteiger partial charge in [-0.2, -0.15) is 0 Å². The average molecular weight is 297 g/mol. The number of sulfone groups is 1. The molecule has 17 heavy (non-hydrogen) atoms. The van der Waals surface area contributed by atoms with Crippen molar-refractivity contribution >= 4 is 33.0 Å². The maximum absolute atomic E-state index is 11.3. The van der Waals surface area contributed by atoms with E-state index in [4.69, 9.17) is 27.9 Å². The van der Waals surface area contributed by atoms with E-state index >= 15 is 0 Å². The van der Waals surface area contributed by atoms with E-state index in [0.717, 1.165) is 5.56 Å². The van der Waals surface area contributed by atoms with Crippen molar-refractivity contribution in [1.82, 2.24) is 0 Å². The highest BCUT2D eigenvalue weighted by molar-refractivity contribution is 7.91. The zero-order valence-electron chi connectivity index (χ0n) is 9.45. The summed E-state index contributed by atoms with van der Waals surface area (Å²) >= 11 is 11.7. The molecule has 0 amide bonds. The van der Waals surface area contributed by atoms with Crippen LogP contribution in [0.15, 0.2) is 18.2 Å². The number of ether oxygens (including phenoxy) is 1. The minimum Gasteiger partial charge on any atom is -0.491 e. The fourth-order valence-corrected chi connectivity index (χ4v) is 2.32. The van der Waals surface area contributed by atoms with Crippen molar-refractivity contribution in [3.63, 3.8) is 0 Å². The van der Waals surface area contributed by atoms with Crippen LogP contribution in [0, 0.1) is 0 Å². The summed E-state index contributed by atoms with van der Waals surface area (Å²) in [6.45, 7) is 1.69. The lowest BCUT2D eigenvalue weighted by atomic mass is 10.2. The Kier molecular flexibility index (Phi) is 5.56. The monoisotopic (exact) mass is 296 g/mol. The van der Waals surface area contributed by atoms with E-state index in [0.29, 0.717) is 10.8 Å². The maximum Gasteiger partial charge on any atom is 0.153 e. The van der Waals surface area contributed by atoms with Crippen LogP contribution in [0.1, 0.15) is 12.5 Å². The first kappa shape index (κ1) is 14.6. The van der Waals surface area contributed by atoms with E-state index in [1.54, 1.807) is 25.1 Å². The molecule has 6 heteroatoms. The van der Waals surface area contributed by atoms with Crippen LogP contribution < -0.4 is 4.74 Å². The Morgan fingerprint density at radius 2 is 2.06 bits per heavy atom. The van der Waals surface area contributed by atoms with Crippen LogP contribution in [0.5, 0.6) is 5.75 Å². The van der Waals surface area contributed by atoms with Crippen LogP contribution >= 0.6 is 23.2 Å². The molecule has 3 nitrogen and oxygen atoms in total. The lowest BCUT2D eigenvalue weighted by molar-refractivity contribution is 0.338. The summed E-state index contributed by atoms with van der Waals surface area (Å²) in [4.78, 5) is 0. The third-order valence-corrected chi connectivity index (χ3v) is 4.53. The Balaban J connectivity index is 2.70. The van der Waals surface area contributed by atoms with E-state index in [9.17, 15) is 8.42 Å². The third-order valence-electron chi connectivity index (χ3n) is 2.27. The van der Waals surface area contributed by atoms with Gasteiger partial charge in [0.25, 0.3) is 0 Å². The molecule has 0 N–H and O–H groups in total. The topological polar surface area (TPSA) is 43.4 Å². The van der Waals surface area contributed by atoms with Crippen molar-refractivity contribution < 1.29 is 13.2 Å². The molecule has 0 aromatic heterocycles. The molecule has 0 aliphatic rings. The fourth-order valence-electron chi connectivity index (χ4n) is 1.24. The van der Waals surface area contributed by atoms with Crippen LogP contribution in [0.3, 0.4) is 0 Å². The minimum atomic E-state index is -3.02. The minimum absolute atomic E-state index is 0.0174. The van der Waals surface area contributed by atoms with Crippen molar-refractivity contribution in [2.75, 3.05) is 18.1 Å². The molecule has 1 rings (SSSR count). The lowest BCUT2D eigenvalue weighted by Crippen LogP contribution is -2.16. The second-order valence-corrected chi connectivity index (χ2v) is 6.59. The molecule has 0 unspecified atom stereocenters. The van der Waals surface area contributed by atoms with Gasteiger partial charge >= 0.3 is 0 Å². The Morgan fingerprint density at radius 3 is 2.65 bits per heavy atom. The van der Waals surface area contributed by atoms with Crippen molar-refractivity contribution in [2.24, 2.45) is 0 Å². The first-order valence-electron chi connectivity index (χ1n) is 5.16. The van der Waals surface area contributed by atoms with Crippen LogP contribution in [-0.4, -0.2) is 26.5 Å². The number of halogens is 2. The second-order valence-electron chi connectivity index (χ2n) is 3.45. The largest absolute Gasteiger partial charge is 0.491 e. The molecule has 1 aromatic carbocycles. The first-order chi connectivity index (χ1) is 8.00. The Morgan fingerprint density at radius 1 is 1.35 bits per heavy atom. The molecule has 0 aliphatic carbocycles. The van der Waals surface area contributed by atoms with Gasteiger partial charge < -0.3 is 4.74 Å². The first-order valence-corrected chi connectivity index (χ1v) is 7.90. The van der Waals surface area contributed by atoms with E-state index in [1.807, 2.05) is 0 Å². The summed E-state index contributed by atoms with van der Waals surface area (Å²) in [5.41, 5.74) is 0.757. The van der Waals surface area contributed by atoms with Gasteiger partial charge in [0.1, 0.15) is 12.4 Å². The van der Waals surface area contributed by atoms with Crippen molar-refractivity contribution in [3.8, 4) is 5.75 Å². The maximum atomic E-state index is 11.3. The number of alkyl halides is 1. The molecule has 0 fully saturated rings. The summed E-state index contributed by atoms with van der Waals surface area (Å²) in [6, 6.07) is 5.25. The van der Waals surface area contributed by atoms with E-state index in [-0.39, 0.29) is 24.0 Å². The molecule has 0 saturated carbocycles. The Labute approximate surface area is 112 Å². The fraction of sp³-hybridized carbons (Fsp3) is 0.455. The summed E-state index contributed by atoms with van der Waals surface area (Å²) in [5, 5.41) is 0.442. The van der Waals surface area contributed by atoms with Gasteiger partial charge in [-0.1, -0.05) is 30.7 Å². The summed E-state index contributed by atoms with van der Waals surface area (Å²) in [7, 11) is -3.02. The van der Waals surface area contributed by atoms with Crippen LogP contribution in [0.2, 0.25) is 5.02 Å². The van der Waals surface area contributed by atoms with Crippen LogP contribution in [-0.2, 0) is 15.7 Å². The zero-order valence-corrected chi connectivity index (χ0v) is 11.8. The number of para-hydroxylation sites is 1. The molecular formula is C11H14Cl2O3S. The number of rotatable bonds is 6. The molecule has 0 spiro atoms. The van der Waals surface area contributed by atoms with Gasteiger partial charge in [-0.15, -0.1) is 11.6 Å². The summed E-state index contributed by atoms with van der Waals surface area (Å²) < 4.78 is 28.0. The summed E-state index contributed by atoms with van der Waals surface area (Å²) in [6.07, 6.45) is 0. The average Bonchev–Trinajstić information content (AvgIpc) is 2.31. The normalized spacial score (nSPS) is 11.5. The van der Waals surface area contributed by atoms with Gasteiger partial charge in [0.05, 0.1) is 16.7 Å². The standard InChI is InChI=1S/C11H14Cl2O3S/c1-2-17(14,15)7-6-16-11-9(8-12)4-3-5-10(11)13/h3-5H,2,6-8H2,1H3. The van der Waals surface area contributed by atoms with Gasteiger partial charge in [0, 0.05) is 11.3 Å². The molecule has 0 bridgehead atoms. The van der Waals surface area contributed by atoms with Gasteiger partial charge in [-0.3, -0.25) is 0 Å². The number of benzene rings is 1. The number of hydrogen-bond donors (Lipinski definition) is 0. The van der Waals surface area contributed by atoms with E-state index < -0.39 is 9.84 Å². The molecule has 1 aromatic rings. The predicted molar refractivity (Wildman–Crippen MR) is 70.8 cm³/mol. The van der Waals surface area contributed by atoms with Gasteiger partial charge in [-0.05, 0) is 6.07 Å². The highest BCUT2D eigenvalue weighted by Gasteiger charge is 2.11. The van der Waals surface area contributed by atoms with E-state index in [2.05, 4.69) is 0 Å².